The number of carbonyl (C=O) groups excluding carboxylic acids is 1. The lowest BCUT2D eigenvalue weighted by atomic mass is 10.1. The molecule has 0 fully saturated rings. The van der Waals surface area contributed by atoms with Crippen LogP contribution in [0.25, 0.3) is 0 Å². The molecule has 0 unspecified atom stereocenters. The molecule has 0 atom stereocenters. The molecule has 0 spiro atoms. The van der Waals surface area contributed by atoms with E-state index in [-0.39, 0.29) is 4.90 Å². The standard InChI is InChI=1S/C23H31NO4S/c1-4-7-9-19-10-16-22(17-11-19)29(26,27)24(18-8-5-2)21-14-12-20(13-15-21)23(25)28-6-3/h10-17H,4-9,18H2,1-3H3. The molecule has 0 amide bonds. The highest BCUT2D eigenvalue weighted by Crippen LogP contribution is 2.25. The van der Waals surface area contributed by atoms with Gasteiger partial charge in [-0.15, -0.1) is 0 Å². The second kappa shape index (κ2) is 11.0. The number of esters is 1. The summed E-state index contributed by atoms with van der Waals surface area (Å²) in [4.78, 5) is 12.1. The molecule has 0 aliphatic rings. The monoisotopic (exact) mass is 417 g/mol. The first-order valence-electron chi connectivity index (χ1n) is 10.3. The maximum Gasteiger partial charge on any atom is 0.338 e. The zero-order chi connectivity index (χ0) is 21.3. The minimum absolute atomic E-state index is 0.281. The molecule has 0 aliphatic carbocycles. The van der Waals surface area contributed by atoms with Crippen molar-refractivity contribution >= 4 is 21.7 Å². The maximum absolute atomic E-state index is 13.3. The average Bonchev–Trinajstić information content (AvgIpc) is 2.73. The van der Waals surface area contributed by atoms with E-state index in [1.807, 2.05) is 19.1 Å². The number of nitrogens with zero attached hydrogens (tertiary/aromatic N) is 1. The Bertz CT molecular complexity index is 874. The molecule has 29 heavy (non-hydrogen) atoms. The quantitative estimate of drug-likeness (QED) is 0.471. The summed E-state index contributed by atoms with van der Waals surface area (Å²) < 4.78 is 33.1. The number of benzene rings is 2. The van der Waals surface area contributed by atoms with Crippen molar-refractivity contribution in [3.63, 3.8) is 0 Å². The van der Waals surface area contributed by atoms with Crippen LogP contribution < -0.4 is 4.31 Å². The lowest BCUT2D eigenvalue weighted by Gasteiger charge is -2.24. The molecule has 0 aromatic heterocycles. The van der Waals surface area contributed by atoms with Crippen molar-refractivity contribution < 1.29 is 17.9 Å². The van der Waals surface area contributed by atoms with Gasteiger partial charge in [0.2, 0.25) is 0 Å². The summed E-state index contributed by atoms with van der Waals surface area (Å²) in [5.41, 5.74) is 2.09. The Morgan fingerprint density at radius 2 is 1.52 bits per heavy atom. The Hall–Kier alpha value is -2.34. The third kappa shape index (κ3) is 6.07. The molecule has 0 N–H and O–H groups in total. The summed E-state index contributed by atoms with van der Waals surface area (Å²) in [5.74, 6) is -0.412. The van der Waals surface area contributed by atoms with E-state index in [4.69, 9.17) is 4.74 Å². The van der Waals surface area contributed by atoms with Gasteiger partial charge < -0.3 is 4.74 Å². The number of hydrogen-bond donors (Lipinski definition) is 0. The maximum atomic E-state index is 13.3. The van der Waals surface area contributed by atoms with Crippen molar-refractivity contribution in [1.29, 1.82) is 0 Å². The molecule has 0 saturated carbocycles. The zero-order valence-electron chi connectivity index (χ0n) is 17.6. The van der Waals surface area contributed by atoms with Crippen LogP contribution >= 0.6 is 0 Å². The second-order valence-electron chi connectivity index (χ2n) is 6.95. The van der Waals surface area contributed by atoms with Crippen molar-refractivity contribution in [3.05, 3.63) is 59.7 Å². The second-order valence-corrected chi connectivity index (χ2v) is 8.81. The van der Waals surface area contributed by atoms with Gasteiger partial charge in [0.25, 0.3) is 10.0 Å². The first kappa shape index (κ1) is 22.9. The van der Waals surface area contributed by atoms with Crippen LogP contribution in [0.2, 0.25) is 0 Å². The van der Waals surface area contributed by atoms with Gasteiger partial charge in [-0.05, 0) is 68.1 Å². The highest BCUT2D eigenvalue weighted by Gasteiger charge is 2.24. The molecule has 0 saturated heterocycles. The Labute approximate surface area is 174 Å². The summed E-state index contributed by atoms with van der Waals surface area (Å²) in [5, 5.41) is 0. The number of anilines is 1. The minimum Gasteiger partial charge on any atom is -0.462 e. The number of sulfonamides is 1. The molecule has 6 heteroatoms. The van der Waals surface area contributed by atoms with E-state index in [2.05, 4.69) is 6.92 Å². The van der Waals surface area contributed by atoms with Crippen LogP contribution in [0.5, 0.6) is 0 Å². The molecule has 158 valence electrons. The summed E-state index contributed by atoms with van der Waals surface area (Å²) in [6.07, 6.45) is 4.76. The van der Waals surface area contributed by atoms with Gasteiger partial charge in [-0.1, -0.05) is 38.8 Å². The fraction of sp³-hybridized carbons (Fsp3) is 0.435. The van der Waals surface area contributed by atoms with Crippen molar-refractivity contribution in [2.24, 2.45) is 0 Å². The van der Waals surface area contributed by atoms with E-state index in [0.29, 0.717) is 24.4 Å². The molecule has 5 nitrogen and oxygen atoms in total. The number of hydrogen-bond acceptors (Lipinski definition) is 4. The van der Waals surface area contributed by atoms with Crippen LogP contribution in [0, 0.1) is 0 Å². The van der Waals surface area contributed by atoms with Crippen molar-refractivity contribution in [1.82, 2.24) is 0 Å². The Morgan fingerprint density at radius 3 is 2.07 bits per heavy atom. The van der Waals surface area contributed by atoms with Gasteiger partial charge in [-0.25, -0.2) is 13.2 Å². The lowest BCUT2D eigenvalue weighted by Crippen LogP contribution is -2.32. The molecule has 0 aliphatic heterocycles. The van der Waals surface area contributed by atoms with Gasteiger partial charge in [0, 0.05) is 6.54 Å². The van der Waals surface area contributed by atoms with Gasteiger partial charge in [-0.3, -0.25) is 4.31 Å². The van der Waals surface area contributed by atoms with Crippen LogP contribution in [0.3, 0.4) is 0 Å². The number of ether oxygens (including phenoxy) is 1. The predicted octanol–water partition coefficient (Wildman–Crippen LogP) is 5.20. The van der Waals surface area contributed by atoms with Crippen LogP contribution in [0.15, 0.2) is 53.4 Å². The van der Waals surface area contributed by atoms with Crippen LogP contribution in [-0.4, -0.2) is 27.5 Å². The smallest absolute Gasteiger partial charge is 0.338 e. The highest BCUT2D eigenvalue weighted by atomic mass is 32.2. The van der Waals surface area contributed by atoms with Gasteiger partial charge >= 0.3 is 5.97 Å². The van der Waals surface area contributed by atoms with Crippen molar-refractivity contribution in [2.45, 2.75) is 57.8 Å². The normalized spacial score (nSPS) is 11.3. The fourth-order valence-corrected chi connectivity index (χ4v) is 4.51. The highest BCUT2D eigenvalue weighted by molar-refractivity contribution is 7.92. The summed E-state index contributed by atoms with van der Waals surface area (Å²) in [6, 6.07) is 13.7. The molecule has 2 aromatic carbocycles. The lowest BCUT2D eigenvalue weighted by molar-refractivity contribution is 0.0526. The Balaban J connectivity index is 2.31. The van der Waals surface area contributed by atoms with Gasteiger partial charge in [0.15, 0.2) is 0 Å². The minimum atomic E-state index is -3.69. The zero-order valence-corrected chi connectivity index (χ0v) is 18.4. The van der Waals surface area contributed by atoms with E-state index < -0.39 is 16.0 Å². The topological polar surface area (TPSA) is 63.7 Å². The number of aryl methyl sites for hydroxylation is 1. The van der Waals surface area contributed by atoms with Crippen molar-refractivity contribution in [3.8, 4) is 0 Å². The van der Waals surface area contributed by atoms with E-state index in [9.17, 15) is 13.2 Å². The van der Waals surface area contributed by atoms with Crippen LogP contribution in [-0.2, 0) is 21.2 Å². The molecule has 0 heterocycles. The number of unbranched alkanes of at least 4 members (excludes halogenated alkanes) is 2. The van der Waals surface area contributed by atoms with E-state index in [1.165, 1.54) is 4.31 Å². The van der Waals surface area contributed by atoms with Gasteiger partial charge in [0.1, 0.15) is 0 Å². The SMILES string of the molecule is CCCCc1ccc(S(=O)(=O)N(CCCC)c2ccc(C(=O)OCC)cc2)cc1. The summed E-state index contributed by atoms with van der Waals surface area (Å²) >= 11 is 0. The number of rotatable bonds is 11. The third-order valence-corrected chi connectivity index (χ3v) is 6.55. The Kier molecular flexibility index (Phi) is 8.70. The van der Waals surface area contributed by atoms with Crippen LogP contribution in [0.4, 0.5) is 5.69 Å². The van der Waals surface area contributed by atoms with Gasteiger partial charge in [-0.2, -0.15) is 0 Å². The van der Waals surface area contributed by atoms with Crippen molar-refractivity contribution in [2.75, 3.05) is 17.5 Å². The summed E-state index contributed by atoms with van der Waals surface area (Å²) in [7, 11) is -3.69. The first-order valence-corrected chi connectivity index (χ1v) is 11.8. The van der Waals surface area contributed by atoms with E-state index >= 15 is 0 Å². The molecular formula is C23H31NO4S. The van der Waals surface area contributed by atoms with Gasteiger partial charge in [0.05, 0.1) is 22.8 Å². The largest absolute Gasteiger partial charge is 0.462 e. The average molecular weight is 418 g/mol. The first-order chi connectivity index (χ1) is 13.9. The molecule has 2 rings (SSSR count). The molecule has 0 radical (unpaired) electrons. The third-order valence-electron chi connectivity index (χ3n) is 4.71. The van der Waals surface area contributed by atoms with E-state index in [0.717, 1.165) is 37.7 Å². The molecular weight excluding hydrogens is 386 g/mol. The number of carbonyl (C=O) groups is 1. The molecule has 0 bridgehead atoms. The fourth-order valence-electron chi connectivity index (χ4n) is 3.00. The van der Waals surface area contributed by atoms with Crippen LogP contribution in [0.1, 0.15) is 62.4 Å². The van der Waals surface area contributed by atoms with E-state index in [1.54, 1.807) is 43.3 Å². The Morgan fingerprint density at radius 1 is 0.897 bits per heavy atom. The molecule has 2 aromatic rings. The predicted molar refractivity (Wildman–Crippen MR) is 117 cm³/mol. The summed E-state index contributed by atoms with van der Waals surface area (Å²) in [6.45, 7) is 6.59.